The van der Waals surface area contributed by atoms with E-state index in [1.165, 1.54) is 5.56 Å². The van der Waals surface area contributed by atoms with Gasteiger partial charge < -0.3 is 14.3 Å². The predicted molar refractivity (Wildman–Crippen MR) is 87.9 cm³/mol. The Hall–Kier alpha value is -2.49. The Morgan fingerprint density at radius 1 is 1.00 bits per heavy atom. The zero-order valence-corrected chi connectivity index (χ0v) is 13.0. The SMILES string of the molecule is CCCON=CCOc1ccc(Oc2cccc(C)c2)cc1. The summed E-state index contributed by atoms with van der Waals surface area (Å²) in [4.78, 5) is 4.99. The smallest absolute Gasteiger partial charge is 0.127 e. The first kappa shape index (κ1) is 15.9. The van der Waals surface area contributed by atoms with Crippen LogP contribution in [-0.2, 0) is 4.84 Å². The Morgan fingerprint density at radius 3 is 2.50 bits per heavy atom. The molecule has 0 aliphatic carbocycles. The molecule has 0 aliphatic rings. The average molecular weight is 299 g/mol. The number of rotatable bonds is 8. The Labute approximate surface area is 131 Å². The summed E-state index contributed by atoms with van der Waals surface area (Å²) in [6.45, 7) is 5.07. The molecule has 0 saturated heterocycles. The van der Waals surface area contributed by atoms with Gasteiger partial charge in [0.1, 0.15) is 30.5 Å². The van der Waals surface area contributed by atoms with E-state index in [0.29, 0.717) is 13.2 Å². The van der Waals surface area contributed by atoms with Crippen molar-refractivity contribution in [3.05, 3.63) is 54.1 Å². The topological polar surface area (TPSA) is 40.0 Å². The van der Waals surface area contributed by atoms with Crippen LogP contribution >= 0.6 is 0 Å². The Morgan fingerprint density at radius 2 is 1.77 bits per heavy atom. The molecule has 0 heterocycles. The summed E-state index contributed by atoms with van der Waals surface area (Å²) < 4.78 is 11.3. The highest BCUT2D eigenvalue weighted by Crippen LogP contribution is 2.24. The molecule has 0 amide bonds. The summed E-state index contributed by atoms with van der Waals surface area (Å²) in [6.07, 6.45) is 2.55. The van der Waals surface area contributed by atoms with Crippen molar-refractivity contribution in [3.63, 3.8) is 0 Å². The van der Waals surface area contributed by atoms with Crippen LogP contribution < -0.4 is 9.47 Å². The quantitative estimate of drug-likeness (QED) is 0.407. The van der Waals surface area contributed by atoms with Crippen LogP contribution in [-0.4, -0.2) is 19.4 Å². The molecule has 2 aromatic carbocycles. The minimum absolute atomic E-state index is 0.377. The first-order valence-electron chi connectivity index (χ1n) is 7.39. The number of hydrogen-bond donors (Lipinski definition) is 0. The number of oxime groups is 1. The van der Waals surface area contributed by atoms with Crippen molar-refractivity contribution in [1.82, 2.24) is 0 Å². The second kappa shape index (κ2) is 8.72. The highest BCUT2D eigenvalue weighted by atomic mass is 16.6. The molecule has 4 nitrogen and oxygen atoms in total. The Balaban J connectivity index is 1.81. The molecular formula is C18H21NO3. The van der Waals surface area contributed by atoms with Gasteiger partial charge in [0.2, 0.25) is 0 Å². The lowest BCUT2D eigenvalue weighted by Crippen LogP contribution is -1.99. The second-order valence-corrected chi connectivity index (χ2v) is 4.82. The van der Waals surface area contributed by atoms with Gasteiger partial charge in [-0.05, 0) is 55.3 Å². The molecule has 0 saturated carbocycles. The highest BCUT2D eigenvalue weighted by molar-refractivity contribution is 5.58. The summed E-state index contributed by atoms with van der Waals surface area (Å²) in [7, 11) is 0. The maximum atomic E-state index is 5.78. The van der Waals surface area contributed by atoms with E-state index in [1.807, 2.05) is 62.4 Å². The largest absolute Gasteiger partial charge is 0.488 e. The number of hydrogen-bond acceptors (Lipinski definition) is 4. The van der Waals surface area contributed by atoms with Gasteiger partial charge in [0.05, 0.1) is 6.21 Å². The molecule has 0 N–H and O–H groups in total. The molecule has 0 aliphatic heterocycles. The summed E-state index contributed by atoms with van der Waals surface area (Å²) >= 11 is 0. The van der Waals surface area contributed by atoms with Gasteiger partial charge in [0.25, 0.3) is 0 Å². The van der Waals surface area contributed by atoms with Crippen molar-refractivity contribution in [2.45, 2.75) is 20.3 Å². The van der Waals surface area contributed by atoms with Crippen LogP contribution in [0.3, 0.4) is 0 Å². The van der Waals surface area contributed by atoms with Crippen molar-refractivity contribution < 1.29 is 14.3 Å². The lowest BCUT2D eigenvalue weighted by molar-refractivity contribution is 0.145. The van der Waals surface area contributed by atoms with Crippen molar-refractivity contribution >= 4 is 6.21 Å². The number of aryl methyl sites for hydroxylation is 1. The van der Waals surface area contributed by atoms with E-state index >= 15 is 0 Å². The van der Waals surface area contributed by atoms with Crippen LogP contribution in [0.15, 0.2) is 53.7 Å². The van der Waals surface area contributed by atoms with E-state index < -0.39 is 0 Å². The van der Waals surface area contributed by atoms with Crippen molar-refractivity contribution in [2.24, 2.45) is 5.16 Å². The molecule has 0 aromatic heterocycles. The van der Waals surface area contributed by atoms with Gasteiger partial charge >= 0.3 is 0 Å². The van der Waals surface area contributed by atoms with E-state index in [1.54, 1.807) is 6.21 Å². The summed E-state index contributed by atoms with van der Waals surface area (Å²) in [5, 5.41) is 3.78. The van der Waals surface area contributed by atoms with Gasteiger partial charge in [-0.1, -0.05) is 24.2 Å². The first-order chi connectivity index (χ1) is 10.8. The zero-order valence-electron chi connectivity index (χ0n) is 13.0. The van der Waals surface area contributed by atoms with Crippen LogP contribution in [0.25, 0.3) is 0 Å². The fourth-order valence-electron chi connectivity index (χ4n) is 1.78. The minimum Gasteiger partial charge on any atom is -0.488 e. The molecule has 0 fully saturated rings. The van der Waals surface area contributed by atoms with Crippen LogP contribution in [0.5, 0.6) is 17.2 Å². The third-order valence-corrected chi connectivity index (χ3v) is 2.82. The number of nitrogens with zero attached hydrogens (tertiary/aromatic N) is 1. The Bertz CT molecular complexity index is 594. The molecule has 22 heavy (non-hydrogen) atoms. The molecule has 0 spiro atoms. The maximum absolute atomic E-state index is 5.78. The number of ether oxygens (including phenoxy) is 2. The van der Waals surface area contributed by atoms with E-state index in [-0.39, 0.29) is 0 Å². The highest BCUT2D eigenvalue weighted by Gasteiger charge is 1.98. The predicted octanol–water partition coefficient (Wildman–Crippen LogP) is 4.58. The normalized spacial score (nSPS) is 10.6. The van der Waals surface area contributed by atoms with Crippen molar-refractivity contribution in [3.8, 4) is 17.2 Å². The van der Waals surface area contributed by atoms with E-state index in [9.17, 15) is 0 Å². The minimum atomic E-state index is 0.377. The summed E-state index contributed by atoms with van der Waals surface area (Å²) in [5.41, 5.74) is 1.17. The van der Waals surface area contributed by atoms with E-state index in [4.69, 9.17) is 14.3 Å². The molecule has 0 unspecified atom stereocenters. The van der Waals surface area contributed by atoms with Gasteiger partial charge in [0, 0.05) is 0 Å². The monoisotopic (exact) mass is 299 g/mol. The molecule has 4 heteroatoms. The maximum Gasteiger partial charge on any atom is 0.127 e. The van der Waals surface area contributed by atoms with Gasteiger partial charge in [-0.3, -0.25) is 0 Å². The van der Waals surface area contributed by atoms with Gasteiger partial charge in [-0.15, -0.1) is 0 Å². The third-order valence-electron chi connectivity index (χ3n) is 2.82. The van der Waals surface area contributed by atoms with Crippen LogP contribution in [0.2, 0.25) is 0 Å². The lowest BCUT2D eigenvalue weighted by Gasteiger charge is -2.07. The summed E-state index contributed by atoms with van der Waals surface area (Å²) in [5.74, 6) is 2.37. The summed E-state index contributed by atoms with van der Waals surface area (Å²) in [6, 6.07) is 15.4. The standard InChI is InChI=1S/C18H21NO3/c1-3-12-21-19-11-13-20-16-7-9-17(10-8-16)22-18-6-4-5-15(2)14-18/h4-11,14H,3,12-13H2,1-2H3. The zero-order chi connectivity index (χ0) is 15.6. The van der Waals surface area contributed by atoms with Crippen LogP contribution in [0.4, 0.5) is 0 Å². The first-order valence-corrected chi connectivity index (χ1v) is 7.39. The molecule has 0 atom stereocenters. The lowest BCUT2D eigenvalue weighted by atomic mass is 10.2. The fourth-order valence-corrected chi connectivity index (χ4v) is 1.78. The van der Waals surface area contributed by atoms with Crippen molar-refractivity contribution in [1.29, 1.82) is 0 Å². The van der Waals surface area contributed by atoms with Crippen LogP contribution in [0.1, 0.15) is 18.9 Å². The molecule has 0 radical (unpaired) electrons. The molecule has 2 aromatic rings. The molecule has 2 rings (SSSR count). The van der Waals surface area contributed by atoms with E-state index in [0.717, 1.165) is 23.7 Å². The second-order valence-electron chi connectivity index (χ2n) is 4.82. The molecular weight excluding hydrogens is 278 g/mol. The fraction of sp³-hybridized carbons (Fsp3) is 0.278. The average Bonchev–Trinajstić information content (AvgIpc) is 2.52. The Kier molecular flexibility index (Phi) is 6.30. The van der Waals surface area contributed by atoms with Gasteiger partial charge in [0.15, 0.2) is 0 Å². The van der Waals surface area contributed by atoms with Gasteiger partial charge in [-0.2, -0.15) is 0 Å². The van der Waals surface area contributed by atoms with Gasteiger partial charge in [-0.25, -0.2) is 0 Å². The van der Waals surface area contributed by atoms with Crippen LogP contribution in [0, 0.1) is 6.92 Å². The third kappa shape index (κ3) is 5.48. The molecule has 0 bridgehead atoms. The number of benzene rings is 2. The molecule has 116 valence electrons. The van der Waals surface area contributed by atoms with E-state index in [2.05, 4.69) is 5.16 Å². The van der Waals surface area contributed by atoms with Crippen molar-refractivity contribution in [2.75, 3.05) is 13.2 Å².